The first kappa shape index (κ1) is 20.6. The van der Waals surface area contributed by atoms with E-state index < -0.39 is 0 Å². The van der Waals surface area contributed by atoms with Crippen LogP contribution in [0.1, 0.15) is 38.5 Å². The number of rotatable bonds is 7. The first-order valence-electron chi connectivity index (χ1n) is 10.3. The van der Waals surface area contributed by atoms with Crippen LogP contribution in [0.15, 0.2) is 12.3 Å². The highest BCUT2D eigenvalue weighted by Crippen LogP contribution is 2.38. The Morgan fingerprint density at radius 1 is 1.32 bits per heavy atom. The van der Waals surface area contributed by atoms with Crippen molar-refractivity contribution >= 4 is 12.0 Å². The van der Waals surface area contributed by atoms with Gasteiger partial charge in [0.1, 0.15) is 0 Å². The number of methoxy groups -OCH3 is 1. The number of nitrogens with zero attached hydrogens (tertiary/aromatic N) is 4. The van der Waals surface area contributed by atoms with Crippen LogP contribution in [0.5, 0.6) is 5.88 Å². The molecular weight excluding hydrogens is 356 g/mol. The van der Waals surface area contributed by atoms with Gasteiger partial charge in [0.15, 0.2) is 0 Å². The van der Waals surface area contributed by atoms with Crippen LogP contribution in [0.3, 0.4) is 0 Å². The number of amides is 2. The zero-order valence-corrected chi connectivity index (χ0v) is 17.4. The number of ether oxygens (including phenoxy) is 1. The molecule has 2 heterocycles. The average Bonchev–Trinajstić information content (AvgIpc) is 3.15. The molecule has 0 atom stereocenters. The average molecular weight is 391 g/mol. The molecule has 0 spiro atoms. The molecule has 0 unspecified atom stereocenters. The molecule has 1 aliphatic carbocycles. The number of hydrogen-bond acceptors (Lipinski definition) is 6. The summed E-state index contributed by atoms with van der Waals surface area (Å²) in [6, 6.07) is 2.07. The van der Waals surface area contributed by atoms with Crippen LogP contribution in [0.4, 0.5) is 10.7 Å². The first-order valence-corrected chi connectivity index (χ1v) is 10.3. The third-order valence-corrected chi connectivity index (χ3v) is 5.89. The van der Waals surface area contributed by atoms with Gasteiger partial charge in [-0.25, -0.2) is 9.78 Å². The van der Waals surface area contributed by atoms with Crippen LogP contribution in [-0.4, -0.2) is 79.2 Å². The van der Waals surface area contributed by atoms with Crippen molar-refractivity contribution in [2.24, 2.45) is 5.41 Å². The Labute approximate surface area is 168 Å². The second-order valence-electron chi connectivity index (χ2n) is 8.43. The van der Waals surface area contributed by atoms with Crippen LogP contribution in [0.25, 0.3) is 0 Å². The molecule has 0 radical (unpaired) electrons. The highest BCUT2D eigenvalue weighted by atomic mass is 16.5. The molecule has 28 heavy (non-hydrogen) atoms. The quantitative estimate of drug-likeness (QED) is 0.743. The Hall–Kier alpha value is -2.09. The van der Waals surface area contributed by atoms with E-state index in [1.54, 1.807) is 19.4 Å². The van der Waals surface area contributed by atoms with Gasteiger partial charge in [-0.3, -0.25) is 0 Å². The highest BCUT2D eigenvalue weighted by molar-refractivity contribution is 5.74. The van der Waals surface area contributed by atoms with Gasteiger partial charge in [0.2, 0.25) is 11.8 Å². The smallest absolute Gasteiger partial charge is 0.317 e. The van der Waals surface area contributed by atoms with E-state index in [0.717, 1.165) is 39.0 Å². The Bertz CT molecular complexity index is 639. The van der Waals surface area contributed by atoms with E-state index in [4.69, 9.17) is 4.74 Å². The lowest BCUT2D eigenvalue weighted by molar-refractivity contribution is 0.163. The zero-order chi connectivity index (χ0) is 20.0. The predicted molar refractivity (Wildman–Crippen MR) is 110 cm³/mol. The van der Waals surface area contributed by atoms with Crippen LogP contribution in [-0.2, 0) is 0 Å². The molecule has 8 heteroatoms. The van der Waals surface area contributed by atoms with E-state index in [2.05, 4.69) is 39.6 Å². The second-order valence-corrected chi connectivity index (χ2v) is 8.43. The normalized spacial score (nSPS) is 19.6. The van der Waals surface area contributed by atoms with Crippen molar-refractivity contribution in [1.29, 1.82) is 0 Å². The fourth-order valence-electron chi connectivity index (χ4n) is 4.50. The lowest BCUT2D eigenvalue weighted by atomic mass is 9.85. The Kier molecular flexibility index (Phi) is 6.93. The summed E-state index contributed by atoms with van der Waals surface area (Å²) in [7, 11) is 5.83. The zero-order valence-electron chi connectivity index (χ0n) is 17.4. The predicted octanol–water partition coefficient (Wildman–Crippen LogP) is 2.19. The number of carbonyl (C=O) groups is 1. The fraction of sp³-hybridized carbons (Fsp3) is 0.750. The molecule has 1 aromatic heterocycles. The summed E-state index contributed by atoms with van der Waals surface area (Å²) >= 11 is 0. The van der Waals surface area contributed by atoms with Crippen molar-refractivity contribution in [3.8, 4) is 5.88 Å². The van der Waals surface area contributed by atoms with Gasteiger partial charge in [-0.05, 0) is 39.8 Å². The van der Waals surface area contributed by atoms with Crippen molar-refractivity contribution in [2.45, 2.75) is 44.6 Å². The van der Waals surface area contributed by atoms with Gasteiger partial charge >= 0.3 is 6.03 Å². The summed E-state index contributed by atoms with van der Waals surface area (Å²) in [5.74, 6) is 1.13. The monoisotopic (exact) mass is 390 g/mol. The molecule has 1 saturated carbocycles. The maximum atomic E-state index is 12.7. The first-order chi connectivity index (χ1) is 13.5. The molecule has 3 rings (SSSR count). The highest BCUT2D eigenvalue weighted by Gasteiger charge is 2.35. The number of aromatic nitrogens is 2. The number of piperidine rings is 1. The standard InChI is InChI=1S/C20H34N6O2/c1-25(2)15-20(9-4-5-10-20)14-22-19(27)26-12-7-16(8-13-26)23-18-21-11-6-17(24-18)28-3/h6,11,16H,4-5,7-10,12-15H2,1-3H3,(H,22,27)(H,21,23,24). The van der Waals surface area contributed by atoms with E-state index in [1.165, 1.54) is 25.7 Å². The van der Waals surface area contributed by atoms with E-state index in [-0.39, 0.29) is 17.5 Å². The molecule has 0 aromatic carbocycles. The molecule has 0 bridgehead atoms. The van der Waals surface area contributed by atoms with Gasteiger partial charge in [0.25, 0.3) is 0 Å². The Morgan fingerprint density at radius 3 is 2.68 bits per heavy atom. The Balaban J connectivity index is 1.44. The van der Waals surface area contributed by atoms with Gasteiger partial charge in [-0.1, -0.05) is 12.8 Å². The van der Waals surface area contributed by atoms with Crippen molar-refractivity contribution < 1.29 is 9.53 Å². The minimum atomic E-state index is 0.0705. The van der Waals surface area contributed by atoms with Crippen molar-refractivity contribution in [3.05, 3.63) is 12.3 Å². The van der Waals surface area contributed by atoms with E-state index in [0.29, 0.717) is 11.8 Å². The summed E-state index contributed by atoms with van der Waals surface area (Å²) in [6.07, 6.45) is 8.41. The van der Waals surface area contributed by atoms with Crippen molar-refractivity contribution in [1.82, 2.24) is 25.1 Å². The van der Waals surface area contributed by atoms with Crippen LogP contribution < -0.4 is 15.4 Å². The summed E-state index contributed by atoms with van der Waals surface area (Å²) in [6.45, 7) is 3.31. The SMILES string of the molecule is COc1ccnc(NC2CCN(C(=O)NCC3(CN(C)C)CCCC3)CC2)n1. The molecule has 2 amide bonds. The van der Waals surface area contributed by atoms with E-state index in [1.807, 2.05) is 4.90 Å². The summed E-state index contributed by atoms with van der Waals surface area (Å²) in [5, 5.41) is 6.57. The molecule has 2 aliphatic rings. The lowest BCUT2D eigenvalue weighted by Crippen LogP contribution is -2.50. The van der Waals surface area contributed by atoms with Gasteiger partial charge in [-0.15, -0.1) is 0 Å². The molecule has 1 aromatic rings. The largest absolute Gasteiger partial charge is 0.481 e. The Morgan fingerprint density at radius 2 is 2.04 bits per heavy atom. The van der Waals surface area contributed by atoms with Crippen LogP contribution in [0, 0.1) is 5.41 Å². The van der Waals surface area contributed by atoms with Crippen LogP contribution >= 0.6 is 0 Å². The van der Waals surface area contributed by atoms with E-state index >= 15 is 0 Å². The van der Waals surface area contributed by atoms with Crippen molar-refractivity contribution in [3.63, 3.8) is 0 Å². The maximum absolute atomic E-state index is 12.7. The number of carbonyl (C=O) groups excluding carboxylic acids is 1. The third kappa shape index (κ3) is 5.47. The number of nitrogens with one attached hydrogen (secondary N) is 2. The molecule has 8 nitrogen and oxygen atoms in total. The van der Waals surface area contributed by atoms with Gasteiger partial charge in [0, 0.05) is 49.9 Å². The minimum absolute atomic E-state index is 0.0705. The fourth-order valence-corrected chi connectivity index (χ4v) is 4.50. The maximum Gasteiger partial charge on any atom is 0.317 e. The topological polar surface area (TPSA) is 82.6 Å². The minimum Gasteiger partial charge on any atom is -0.481 e. The van der Waals surface area contributed by atoms with Crippen LogP contribution in [0.2, 0.25) is 0 Å². The number of anilines is 1. The summed E-state index contributed by atoms with van der Waals surface area (Å²) in [4.78, 5) is 25.4. The molecular formula is C20H34N6O2. The van der Waals surface area contributed by atoms with Gasteiger partial charge in [0.05, 0.1) is 7.11 Å². The molecule has 156 valence electrons. The number of likely N-dealkylation sites (tertiary alicyclic amines) is 1. The van der Waals surface area contributed by atoms with Gasteiger partial charge in [-0.2, -0.15) is 4.98 Å². The summed E-state index contributed by atoms with van der Waals surface area (Å²) in [5.41, 5.74) is 0.239. The summed E-state index contributed by atoms with van der Waals surface area (Å²) < 4.78 is 5.14. The molecule has 2 fully saturated rings. The third-order valence-electron chi connectivity index (χ3n) is 5.89. The molecule has 1 saturated heterocycles. The lowest BCUT2D eigenvalue weighted by Gasteiger charge is -2.35. The van der Waals surface area contributed by atoms with Crippen molar-refractivity contribution in [2.75, 3.05) is 52.7 Å². The number of urea groups is 1. The van der Waals surface area contributed by atoms with Gasteiger partial charge < -0.3 is 25.2 Å². The molecule has 2 N–H and O–H groups in total. The molecule has 1 aliphatic heterocycles. The second kappa shape index (κ2) is 9.41. The van der Waals surface area contributed by atoms with E-state index in [9.17, 15) is 4.79 Å². The number of hydrogen-bond donors (Lipinski definition) is 2.